The van der Waals surface area contributed by atoms with Crippen LogP contribution in [0.25, 0.3) is 0 Å². The Hall–Kier alpha value is -3.67. The lowest BCUT2D eigenvalue weighted by molar-refractivity contribution is -0.118. The van der Waals surface area contributed by atoms with Crippen molar-refractivity contribution in [3.63, 3.8) is 0 Å². The molecule has 0 aromatic heterocycles. The highest BCUT2D eigenvalue weighted by Crippen LogP contribution is 2.38. The molecule has 0 spiro atoms. The van der Waals surface area contributed by atoms with Gasteiger partial charge in [-0.25, -0.2) is 0 Å². The summed E-state index contributed by atoms with van der Waals surface area (Å²) in [5.41, 5.74) is 2.82. The normalized spacial score (nSPS) is 10.4. The molecule has 6 nitrogen and oxygen atoms in total. The van der Waals surface area contributed by atoms with Crippen LogP contribution in [0.3, 0.4) is 0 Å². The van der Waals surface area contributed by atoms with Gasteiger partial charge in [0.1, 0.15) is 5.75 Å². The van der Waals surface area contributed by atoms with Crippen LogP contribution in [0.2, 0.25) is 0 Å². The fourth-order valence-corrected chi connectivity index (χ4v) is 3.52. The summed E-state index contributed by atoms with van der Waals surface area (Å²) in [7, 11) is 6.36. The van der Waals surface area contributed by atoms with E-state index < -0.39 is 0 Å². The Morgan fingerprint density at radius 2 is 1.38 bits per heavy atom. The van der Waals surface area contributed by atoms with Crippen LogP contribution in [0.4, 0.5) is 5.69 Å². The second kappa shape index (κ2) is 11.1. The molecular formula is C26H29NO5. The number of nitrogens with zero attached hydrogens (tertiary/aromatic N) is 1. The minimum atomic E-state index is 0.0211. The number of anilines is 1. The predicted molar refractivity (Wildman–Crippen MR) is 125 cm³/mol. The molecular weight excluding hydrogens is 406 g/mol. The summed E-state index contributed by atoms with van der Waals surface area (Å²) >= 11 is 0. The average molecular weight is 436 g/mol. The maximum Gasteiger partial charge on any atom is 0.227 e. The molecule has 6 heteroatoms. The summed E-state index contributed by atoms with van der Waals surface area (Å²) in [4.78, 5) is 15.1. The van der Waals surface area contributed by atoms with Crippen molar-refractivity contribution < 1.29 is 23.7 Å². The molecule has 1 amide bonds. The maximum absolute atomic E-state index is 13.3. The summed E-state index contributed by atoms with van der Waals surface area (Å²) in [6.07, 6.45) is 0.870. The zero-order valence-corrected chi connectivity index (χ0v) is 19.0. The molecule has 0 fully saturated rings. The van der Waals surface area contributed by atoms with Gasteiger partial charge < -0.3 is 23.8 Å². The zero-order valence-electron chi connectivity index (χ0n) is 19.0. The lowest BCUT2D eigenvalue weighted by Gasteiger charge is -2.23. The highest BCUT2D eigenvalue weighted by atomic mass is 16.5. The van der Waals surface area contributed by atoms with Crippen LogP contribution in [0.1, 0.15) is 17.5 Å². The topological polar surface area (TPSA) is 57.2 Å². The monoisotopic (exact) mass is 435 g/mol. The number of amides is 1. The van der Waals surface area contributed by atoms with E-state index in [1.54, 1.807) is 33.3 Å². The molecule has 0 atom stereocenters. The van der Waals surface area contributed by atoms with Crippen LogP contribution in [-0.2, 0) is 17.8 Å². The van der Waals surface area contributed by atoms with Gasteiger partial charge in [0.15, 0.2) is 11.5 Å². The van der Waals surface area contributed by atoms with Gasteiger partial charge in [-0.1, -0.05) is 30.3 Å². The molecule has 3 aromatic rings. The van der Waals surface area contributed by atoms with E-state index in [9.17, 15) is 4.79 Å². The van der Waals surface area contributed by atoms with E-state index in [4.69, 9.17) is 18.9 Å². The smallest absolute Gasteiger partial charge is 0.227 e. The highest BCUT2D eigenvalue weighted by molar-refractivity contribution is 5.93. The first kappa shape index (κ1) is 23.0. The number of rotatable bonds is 10. The van der Waals surface area contributed by atoms with Crippen LogP contribution in [0.15, 0.2) is 66.7 Å². The van der Waals surface area contributed by atoms with E-state index in [2.05, 4.69) is 0 Å². The third kappa shape index (κ3) is 5.52. The van der Waals surface area contributed by atoms with E-state index in [1.165, 1.54) is 0 Å². The average Bonchev–Trinajstić information content (AvgIpc) is 2.85. The predicted octanol–water partition coefficient (Wildman–Crippen LogP) is 4.89. The van der Waals surface area contributed by atoms with Gasteiger partial charge in [0.2, 0.25) is 11.7 Å². The van der Waals surface area contributed by atoms with E-state index in [0.717, 1.165) is 22.6 Å². The summed E-state index contributed by atoms with van der Waals surface area (Å²) in [6, 6.07) is 21.2. The van der Waals surface area contributed by atoms with Crippen LogP contribution >= 0.6 is 0 Å². The van der Waals surface area contributed by atoms with Crippen LogP contribution in [0, 0.1) is 0 Å². The molecule has 0 aliphatic rings. The van der Waals surface area contributed by atoms with Crippen molar-refractivity contribution in [2.24, 2.45) is 0 Å². The van der Waals surface area contributed by atoms with Crippen LogP contribution in [0.5, 0.6) is 23.0 Å². The number of ether oxygens (including phenoxy) is 4. The van der Waals surface area contributed by atoms with Crippen molar-refractivity contribution in [3.8, 4) is 23.0 Å². The molecule has 0 aliphatic heterocycles. The largest absolute Gasteiger partial charge is 0.497 e. The number of benzene rings is 3. The molecule has 0 bridgehead atoms. The number of aryl methyl sites for hydroxylation is 1. The first-order chi connectivity index (χ1) is 15.6. The van der Waals surface area contributed by atoms with Gasteiger partial charge in [0, 0.05) is 12.1 Å². The van der Waals surface area contributed by atoms with Crippen molar-refractivity contribution in [2.45, 2.75) is 19.4 Å². The Balaban J connectivity index is 1.82. The van der Waals surface area contributed by atoms with E-state index in [1.807, 2.05) is 66.7 Å². The van der Waals surface area contributed by atoms with E-state index >= 15 is 0 Å². The van der Waals surface area contributed by atoms with Gasteiger partial charge in [-0.2, -0.15) is 0 Å². The SMILES string of the molecule is COc1ccc(N(Cc2ccccc2)C(=O)CCc2cc(OC)c(OC)c(OC)c2)cc1. The number of carbonyl (C=O) groups is 1. The molecule has 0 saturated carbocycles. The van der Waals surface area contributed by atoms with E-state index in [0.29, 0.717) is 36.6 Å². The fourth-order valence-electron chi connectivity index (χ4n) is 3.52. The molecule has 0 heterocycles. The summed E-state index contributed by atoms with van der Waals surface area (Å²) < 4.78 is 21.5. The third-order valence-electron chi connectivity index (χ3n) is 5.22. The van der Waals surface area contributed by atoms with Crippen molar-refractivity contribution in [1.29, 1.82) is 0 Å². The lowest BCUT2D eigenvalue weighted by Crippen LogP contribution is -2.30. The molecule has 3 aromatic carbocycles. The van der Waals surface area contributed by atoms with Gasteiger partial charge in [0.05, 0.1) is 35.0 Å². The number of hydrogen-bond acceptors (Lipinski definition) is 5. The Morgan fingerprint density at radius 1 is 0.750 bits per heavy atom. The second-order valence-electron chi connectivity index (χ2n) is 7.20. The molecule has 0 saturated heterocycles. The fraction of sp³-hybridized carbons (Fsp3) is 0.269. The maximum atomic E-state index is 13.3. The van der Waals surface area contributed by atoms with E-state index in [-0.39, 0.29) is 5.91 Å². The summed E-state index contributed by atoms with van der Waals surface area (Å²) in [5, 5.41) is 0. The van der Waals surface area contributed by atoms with Crippen LogP contribution in [-0.4, -0.2) is 34.3 Å². The summed E-state index contributed by atoms with van der Waals surface area (Å²) in [6.45, 7) is 0.487. The Labute approximate surface area is 189 Å². The Morgan fingerprint density at radius 3 is 1.91 bits per heavy atom. The Kier molecular flexibility index (Phi) is 7.97. The number of carbonyl (C=O) groups excluding carboxylic acids is 1. The minimum absolute atomic E-state index is 0.0211. The van der Waals surface area contributed by atoms with Crippen molar-refractivity contribution in [2.75, 3.05) is 33.3 Å². The minimum Gasteiger partial charge on any atom is -0.497 e. The highest BCUT2D eigenvalue weighted by Gasteiger charge is 2.18. The zero-order chi connectivity index (χ0) is 22.9. The first-order valence-electron chi connectivity index (χ1n) is 10.4. The molecule has 0 N–H and O–H groups in total. The molecule has 0 aliphatic carbocycles. The van der Waals surface area contributed by atoms with Gasteiger partial charge in [-0.15, -0.1) is 0 Å². The van der Waals surface area contributed by atoms with Crippen LogP contribution < -0.4 is 23.8 Å². The Bertz CT molecular complexity index is 993. The number of hydrogen-bond donors (Lipinski definition) is 0. The molecule has 0 unspecified atom stereocenters. The van der Waals surface area contributed by atoms with Gasteiger partial charge in [-0.05, 0) is 53.9 Å². The van der Waals surface area contributed by atoms with Crippen molar-refractivity contribution in [1.82, 2.24) is 0 Å². The van der Waals surface area contributed by atoms with Crippen molar-refractivity contribution >= 4 is 11.6 Å². The molecule has 32 heavy (non-hydrogen) atoms. The lowest BCUT2D eigenvalue weighted by atomic mass is 10.1. The number of methoxy groups -OCH3 is 4. The quantitative estimate of drug-likeness (QED) is 0.454. The summed E-state index contributed by atoms with van der Waals surface area (Å²) in [5.74, 6) is 2.45. The standard InChI is InChI=1S/C26H29NO5/c1-29-22-13-11-21(12-14-22)27(18-19-8-6-5-7-9-19)25(28)15-10-20-16-23(30-2)26(32-4)24(17-20)31-3/h5-9,11-14,16-17H,10,15,18H2,1-4H3. The second-order valence-corrected chi connectivity index (χ2v) is 7.20. The van der Waals surface area contributed by atoms with Gasteiger partial charge >= 0.3 is 0 Å². The first-order valence-corrected chi connectivity index (χ1v) is 10.4. The molecule has 0 radical (unpaired) electrons. The third-order valence-corrected chi connectivity index (χ3v) is 5.22. The van der Waals surface area contributed by atoms with Crippen molar-refractivity contribution in [3.05, 3.63) is 77.9 Å². The molecule has 168 valence electrons. The van der Waals surface area contributed by atoms with Gasteiger partial charge in [-0.3, -0.25) is 4.79 Å². The molecule has 3 rings (SSSR count). The van der Waals surface area contributed by atoms with Gasteiger partial charge in [0.25, 0.3) is 0 Å².